The van der Waals surface area contributed by atoms with Crippen molar-refractivity contribution in [3.8, 4) is 23.2 Å². The Labute approximate surface area is 114 Å². The molecule has 0 saturated carbocycles. The second kappa shape index (κ2) is 6.75. The lowest BCUT2D eigenvalue weighted by molar-refractivity contribution is 0.737. The minimum Gasteiger partial charge on any atom is -0.282 e. The molecule has 2 heterocycles. The van der Waals surface area contributed by atoms with Crippen molar-refractivity contribution >= 4 is 0 Å². The predicted molar refractivity (Wildman–Crippen MR) is 77.6 cm³/mol. The van der Waals surface area contributed by atoms with Gasteiger partial charge in [-0.15, -0.1) is 0 Å². The van der Waals surface area contributed by atoms with Gasteiger partial charge in [0.05, 0.1) is 5.69 Å². The fraction of sp³-hybridized carbons (Fsp3) is 0.375. The summed E-state index contributed by atoms with van der Waals surface area (Å²) in [7, 11) is 0. The predicted octanol–water partition coefficient (Wildman–Crippen LogP) is 3.71. The van der Waals surface area contributed by atoms with Gasteiger partial charge in [-0.05, 0) is 31.5 Å². The summed E-state index contributed by atoms with van der Waals surface area (Å²) < 4.78 is 0. The molecule has 0 atom stereocenters. The maximum Gasteiger partial charge on any atom is 0.111 e. The molecule has 2 rings (SSSR count). The van der Waals surface area contributed by atoms with Crippen LogP contribution in [0.1, 0.15) is 43.9 Å². The largest absolute Gasteiger partial charge is 0.282 e. The van der Waals surface area contributed by atoms with Crippen molar-refractivity contribution in [2.24, 2.45) is 0 Å². The number of unbranched alkanes of at least 4 members (excludes halogenated alkanes) is 3. The molecule has 0 aromatic carbocycles. The lowest BCUT2D eigenvalue weighted by atomic mass is 10.1. The van der Waals surface area contributed by atoms with Gasteiger partial charge in [-0.2, -0.15) is 5.10 Å². The van der Waals surface area contributed by atoms with E-state index in [1.807, 2.05) is 25.1 Å². The third kappa shape index (κ3) is 3.96. The first-order valence-electron chi connectivity index (χ1n) is 6.77. The highest BCUT2D eigenvalue weighted by molar-refractivity contribution is 5.56. The third-order valence-corrected chi connectivity index (χ3v) is 2.87. The van der Waals surface area contributed by atoms with Crippen molar-refractivity contribution in [2.45, 2.75) is 39.5 Å². The number of aromatic amines is 1. The molecule has 0 aliphatic rings. The Morgan fingerprint density at radius 3 is 2.84 bits per heavy atom. The fourth-order valence-electron chi connectivity index (χ4n) is 1.83. The van der Waals surface area contributed by atoms with E-state index in [9.17, 15) is 0 Å². The minimum atomic E-state index is 0.865. The number of nitrogens with zero attached hydrogens (tertiary/aromatic N) is 2. The first kappa shape index (κ1) is 13.4. The minimum absolute atomic E-state index is 0.865. The molecule has 98 valence electrons. The molecule has 0 unspecified atom stereocenters. The van der Waals surface area contributed by atoms with Gasteiger partial charge in [0, 0.05) is 23.9 Å². The van der Waals surface area contributed by atoms with E-state index in [0.29, 0.717) is 0 Å². The highest BCUT2D eigenvalue weighted by Crippen LogP contribution is 2.15. The van der Waals surface area contributed by atoms with Crippen molar-refractivity contribution in [3.05, 3.63) is 35.7 Å². The van der Waals surface area contributed by atoms with Crippen LogP contribution in [0, 0.1) is 18.8 Å². The molecule has 0 amide bonds. The van der Waals surface area contributed by atoms with Crippen LogP contribution in [0.2, 0.25) is 0 Å². The van der Waals surface area contributed by atoms with Gasteiger partial charge in [0.2, 0.25) is 0 Å². The zero-order valence-electron chi connectivity index (χ0n) is 11.5. The van der Waals surface area contributed by atoms with Crippen LogP contribution in [0.4, 0.5) is 0 Å². The number of H-pyrrole nitrogens is 1. The molecule has 0 radical (unpaired) electrons. The Morgan fingerprint density at radius 1 is 1.21 bits per heavy atom. The summed E-state index contributed by atoms with van der Waals surface area (Å²) in [5, 5.41) is 7.14. The third-order valence-electron chi connectivity index (χ3n) is 2.87. The van der Waals surface area contributed by atoms with Crippen molar-refractivity contribution < 1.29 is 0 Å². The molecule has 1 N–H and O–H groups in total. The standard InChI is InChI=1S/C16H19N3/c1-3-4-5-6-7-8-14-9-10-17-15(12-14)16-11-13(2)18-19-16/h9-12H,3-6H2,1-2H3,(H,18,19). The molecule has 2 aromatic heterocycles. The molecule has 2 aromatic rings. The fourth-order valence-corrected chi connectivity index (χ4v) is 1.83. The number of hydrogen-bond acceptors (Lipinski definition) is 2. The lowest BCUT2D eigenvalue weighted by Gasteiger charge is -1.96. The van der Waals surface area contributed by atoms with Gasteiger partial charge < -0.3 is 0 Å². The van der Waals surface area contributed by atoms with Crippen LogP contribution in [0.5, 0.6) is 0 Å². The number of aryl methyl sites for hydroxylation is 1. The highest BCUT2D eigenvalue weighted by Gasteiger charge is 2.03. The van der Waals surface area contributed by atoms with Gasteiger partial charge >= 0.3 is 0 Å². The maximum absolute atomic E-state index is 4.33. The van der Waals surface area contributed by atoms with Crippen LogP contribution >= 0.6 is 0 Å². The van der Waals surface area contributed by atoms with E-state index in [4.69, 9.17) is 0 Å². The average molecular weight is 253 g/mol. The summed E-state index contributed by atoms with van der Waals surface area (Å²) in [6.07, 6.45) is 6.42. The summed E-state index contributed by atoms with van der Waals surface area (Å²) in [5.74, 6) is 6.41. The molecule has 0 saturated heterocycles. The van der Waals surface area contributed by atoms with Crippen molar-refractivity contribution in [2.75, 3.05) is 0 Å². The maximum atomic E-state index is 4.33. The lowest BCUT2D eigenvalue weighted by Crippen LogP contribution is -1.85. The second-order valence-electron chi connectivity index (χ2n) is 4.62. The summed E-state index contributed by atoms with van der Waals surface area (Å²) >= 11 is 0. The SMILES string of the molecule is CCCCCC#Cc1ccnc(-c2cc(C)[nH]n2)c1. The summed E-state index contributed by atoms with van der Waals surface area (Å²) in [4.78, 5) is 4.33. The number of aromatic nitrogens is 3. The van der Waals surface area contributed by atoms with Crippen LogP contribution in [-0.2, 0) is 0 Å². The Kier molecular flexibility index (Phi) is 4.74. The highest BCUT2D eigenvalue weighted by atomic mass is 15.1. The van der Waals surface area contributed by atoms with E-state index in [2.05, 4.69) is 33.9 Å². The number of rotatable bonds is 4. The van der Waals surface area contributed by atoms with Crippen LogP contribution < -0.4 is 0 Å². The van der Waals surface area contributed by atoms with Gasteiger partial charge in [-0.25, -0.2) is 0 Å². The van der Waals surface area contributed by atoms with Crippen molar-refractivity contribution in [1.82, 2.24) is 15.2 Å². The van der Waals surface area contributed by atoms with Gasteiger partial charge in [0.25, 0.3) is 0 Å². The van der Waals surface area contributed by atoms with Gasteiger partial charge in [-0.3, -0.25) is 10.1 Å². The quantitative estimate of drug-likeness (QED) is 0.666. The Morgan fingerprint density at radius 2 is 2.11 bits per heavy atom. The first-order valence-corrected chi connectivity index (χ1v) is 6.77. The Hall–Kier alpha value is -2.08. The summed E-state index contributed by atoms with van der Waals surface area (Å²) in [6.45, 7) is 4.18. The monoisotopic (exact) mass is 253 g/mol. The van der Waals surface area contributed by atoms with Gasteiger partial charge in [-0.1, -0.05) is 31.6 Å². The molecule has 19 heavy (non-hydrogen) atoms. The van der Waals surface area contributed by atoms with Crippen molar-refractivity contribution in [3.63, 3.8) is 0 Å². The van der Waals surface area contributed by atoms with Gasteiger partial charge in [0.1, 0.15) is 5.69 Å². The van der Waals surface area contributed by atoms with Gasteiger partial charge in [0.15, 0.2) is 0 Å². The smallest absolute Gasteiger partial charge is 0.111 e. The molecule has 3 heteroatoms. The molecule has 0 bridgehead atoms. The number of nitrogens with one attached hydrogen (secondary N) is 1. The topological polar surface area (TPSA) is 41.6 Å². The van der Waals surface area contributed by atoms with Crippen LogP contribution in [0.3, 0.4) is 0 Å². The summed E-state index contributed by atoms with van der Waals surface area (Å²) in [6, 6.07) is 5.92. The Bertz CT molecular complexity index is 587. The zero-order valence-corrected chi connectivity index (χ0v) is 11.5. The zero-order chi connectivity index (χ0) is 13.5. The molecule has 0 aliphatic carbocycles. The molecule has 0 spiro atoms. The normalized spacial score (nSPS) is 10.0. The van der Waals surface area contributed by atoms with E-state index in [-0.39, 0.29) is 0 Å². The second-order valence-corrected chi connectivity index (χ2v) is 4.62. The molecule has 3 nitrogen and oxygen atoms in total. The molecule has 0 fully saturated rings. The van der Waals surface area contributed by atoms with E-state index in [1.54, 1.807) is 6.20 Å². The van der Waals surface area contributed by atoms with Crippen LogP contribution in [0.25, 0.3) is 11.4 Å². The van der Waals surface area contributed by atoms with E-state index in [0.717, 1.165) is 29.1 Å². The van der Waals surface area contributed by atoms with E-state index >= 15 is 0 Å². The molecular weight excluding hydrogens is 234 g/mol. The van der Waals surface area contributed by atoms with E-state index < -0.39 is 0 Å². The van der Waals surface area contributed by atoms with Crippen LogP contribution in [-0.4, -0.2) is 15.2 Å². The average Bonchev–Trinajstić information content (AvgIpc) is 2.86. The molecule has 0 aliphatic heterocycles. The summed E-state index contributed by atoms with van der Waals surface area (Å²) in [5.41, 5.74) is 3.77. The Balaban J connectivity index is 2.07. The first-order chi connectivity index (χ1) is 9.29. The molecular formula is C16H19N3. The number of hydrogen-bond donors (Lipinski definition) is 1. The van der Waals surface area contributed by atoms with Crippen molar-refractivity contribution in [1.29, 1.82) is 0 Å². The number of pyridine rings is 1. The van der Waals surface area contributed by atoms with Crippen LogP contribution in [0.15, 0.2) is 24.4 Å². The van der Waals surface area contributed by atoms with E-state index in [1.165, 1.54) is 19.3 Å².